The van der Waals surface area contributed by atoms with Gasteiger partial charge in [0.2, 0.25) is 11.8 Å². The Labute approximate surface area is 146 Å². The van der Waals surface area contributed by atoms with Gasteiger partial charge in [0, 0.05) is 19.9 Å². The number of benzene rings is 1. The van der Waals surface area contributed by atoms with Gasteiger partial charge in [0.05, 0.1) is 12.1 Å². The molecule has 3 amide bonds. The molecule has 1 aromatic rings. The van der Waals surface area contributed by atoms with E-state index in [4.69, 9.17) is 4.74 Å². The third-order valence-corrected chi connectivity index (χ3v) is 4.24. The highest BCUT2D eigenvalue weighted by atomic mass is 16.5. The van der Waals surface area contributed by atoms with E-state index in [-0.39, 0.29) is 24.3 Å². The summed E-state index contributed by atoms with van der Waals surface area (Å²) in [4.78, 5) is 50.6. The number of imide groups is 1. The SMILES string of the molecule is CCC(C)N(C(C)=O)C1CC(=O)N(c2ccc(OC(C)=O)cc2)C1=O. The molecule has 1 fully saturated rings. The number of nitrogens with zero attached hydrogens (tertiary/aromatic N) is 2. The normalized spacial score (nSPS) is 18.2. The molecule has 1 aromatic carbocycles. The Bertz CT molecular complexity index is 698. The maximum atomic E-state index is 12.8. The molecule has 0 aromatic heterocycles. The number of hydrogen-bond acceptors (Lipinski definition) is 5. The van der Waals surface area contributed by atoms with Crippen molar-refractivity contribution in [3.63, 3.8) is 0 Å². The summed E-state index contributed by atoms with van der Waals surface area (Å²) in [6.45, 7) is 6.47. The van der Waals surface area contributed by atoms with Gasteiger partial charge in [0.25, 0.3) is 5.91 Å². The van der Waals surface area contributed by atoms with Crippen LogP contribution in [-0.2, 0) is 19.2 Å². The van der Waals surface area contributed by atoms with Gasteiger partial charge in [0.15, 0.2) is 0 Å². The Kier molecular flexibility index (Phi) is 5.56. The molecule has 1 aliphatic heterocycles. The predicted molar refractivity (Wildman–Crippen MR) is 90.9 cm³/mol. The molecule has 0 saturated carbocycles. The zero-order valence-corrected chi connectivity index (χ0v) is 14.8. The highest BCUT2D eigenvalue weighted by Crippen LogP contribution is 2.28. The molecule has 0 radical (unpaired) electrons. The number of carbonyl (C=O) groups excluding carboxylic acids is 4. The van der Waals surface area contributed by atoms with Crippen molar-refractivity contribution >= 4 is 29.4 Å². The average Bonchev–Trinajstić information content (AvgIpc) is 2.82. The molecule has 0 spiro atoms. The molecule has 25 heavy (non-hydrogen) atoms. The second-order valence-electron chi connectivity index (χ2n) is 6.06. The third-order valence-electron chi connectivity index (χ3n) is 4.24. The minimum atomic E-state index is -0.784. The first-order valence-electron chi connectivity index (χ1n) is 8.20. The maximum absolute atomic E-state index is 12.8. The Balaban J connectivity index is 2.26. The van der Waals surface area contributed by atoms with Crippen LogP contribution >= 0.6 is 0 Å². The van der Waals surface area contributed by atoms with Gasteiger partial charge in [-0.05, 0) is 37.6 Å². The van der Waals surface area contributed by atoms with Crippen molar-refractivity contribution in [2.75, 3.05) is 4.90 Å². The van der Waals surface area contributed by atoms with E-state index < -0.39 is 17.9 Å². The van der Waals surface area contributed by atoms with Crippen LogP contribution in [0.3, 0.4) is 0 Å². The van der Waals surface area contributed by atoms with Gasteiger partial charge in [-0.25, -0.2) is 4.90 Å². The van der Waals surface area contributed by atoms with Crippen molar-refractivity contribution in [2.45, 2.75) is 52.6 Å². The molecule has 2 rings (SSSR count). The summed E-state index contributed by atoms with van der Waals surface area (Å²) in [5, 5.41) is 0. The molecule has 7 heteroatoms. The van der Waals surface area contributed by atoms with E-state index in [0.29, 0.717) is 17.9 Å². The van der Waals surface area contributed by atoms with E-state index in [1.807, 2.05) is 13.8 Å². The van der Waals surface area contributed by atoms with E-state index in [0.717, 1.165) is 4.90 Å². The number of amides is 3. The van der Waals surface area contributed by atoms with Crippen LogP contribution in [0.2, 0.25) is 0 Å². The molecule has 134 valence electrons. The molecule has 0 bridgehead atoms. The molecule has 2 atom stereocenters. The van der Waals surface area contributed by atoms with Gasteiger partial charge < -0.3 is 9.64 Å². The fourth-order valence-electron chi connectivity index (χ4n) is 2.97. The van der Waals surface area contributed by atoms with Crippen LogP contribution in [0, 0.1) is 0 Å². The lowest BCUT2D eigenvalue weighted by molar-refractivity contribution is -0.138. The highest BCUT2D eigenvalue weighted by molar-refractivity contribution is 6.23. The van der Waals surface area contributed by atoms with Crippen molar-refractivity contribution in [2.24, 2.45) is 0 Å². The van der Waals surface area contributed by atoms with Crippen LogP contribution in [0.1, 0.15) is 40.5 Å². The van der Waals surface area contributed by atoms with E-state index in [1.54, 1.807) is 0 Å². The number of esters is 1. The minimum absolute atomic E-state index is 0.0333. The molecular formula is C18H22N2O5. The fourth-order valence-corrected chi connectivity index (χ4v) is 2.97. The van der Waals surface area contributed by atoms with Gasteiger partial charge in [-0.15, -0.1) is 0 Å². The van der Waals surface area contributed by atoms with Crippen LogP contribution < -0.4 is 9.64 Å². The van der Waals surface area contributed by atoms with Crippen molar-refractivity contribution in [3.8, 4) is 5.75 Å². The Morgan fingerprint density at radius 2 is 1.84 bits per heavy atom. The smallest absolute Gasteiger partial charge is 0.308 e. The zero-order chi connectivity index (χ0) is 18.7. The van der Waals surface area contributed by atoms with Gasteiger partial charge in [-0.1, -0.05) is 6.92 Å². The Hall–Kier alpha value is -2.70. The van der Waals surface area contributed by atoms with Crippen LogP contribution in [-0.4, -0.2) is 40.7 Å². The van der Waals surface area contributed by atoms with Crippen molar-refractivity contribution in [3.05, 3.63) is 24.3 Å². The summed E-state index contributed by atoms with van der Waals surface area (Å²) in [6, 6.07) is 5.19. The molecule has 0 N–H and O–H groups in total. The summed E-state index contributed by atoms with van der Waals surface area (Å²) in [5.41, 5.74) is 0.390. The summed E-state index contributed by atoms with van der Waals surface area (Å²) >= 11 is 0. The van der Waals surface area contributed by atoms with E-state index in [2.05, 4.69) is 0 Å². The van der Waals surface area contributed by atoms with Crippen LogP contribution in [0.4, 0.5) is 5.69 Å². The quantitative estimate of drug-likeness (QED) is 0.462. The summed E-state index contributed by atoms with van der Waals surface area (Å²) in [7, 11) is 0. The lowest BCUT2D eigenvalue weighted by atomic mass is 10.1. The first kappa shape index (κ1) is 18.6. The van der Waals surface area contributed by atoms with Crippen LogP contribution in [0.25, 0.3) is 0 Å². The van der Waals surface area contributed by atoms with Gasteiger partial charge in [-0.3, -0.25) is 19.2 Å². The number of anilines is 1. The molecule has 1 heterocycles. The van der Waals surface area contributed by atoms with E-state index in [1.165, 1.54) is 43.0 Å². The van der Waals surface area contributed by atoms with E-state index >= 15 is 0 Å². The van der Waals surface area contributed by atoms with Crippen molar-refractivity contribution in [1.29, 1.82) is 0 Å². The van der Waals surface area contributed by atoms with Crippen LogP contribution in [0.15, 0.2) is 24.3 Å². The number of carbonyl (C=O) groups is 4. The first-order chi connectivity index (χ1) is 11.8. The largest absolute Gasteiger partial charge is 0.427 e. The predicted octanol–water partition coefficient (Wildman–Crippen LogP) is 1.89. The molecular weight excluding hydrogens is 324 g/mol. The first-order valence-corrected chi connectivity index (χ1v) is 8.20. The monoisotopic (exact) mass is 346 g/mol. The third kappa shape index (κ3) is 3.87. The zero-order valence-electron chi connectivity index (χ0n) is 14.8. The minimum Gasteiger partial charge on any atom is -0.427 e. The van der Waals surface area contributed by atoms with Gasteiger partial charge in [-0.2, -0.15) is 0 Å². The van der Waals surface area contributed by atoms with E-state index in [9.17, 15) is 19.2 Å². The van der Waals surface area contributed by atoms with Crippen molar-refractivity contribution < 1.29 is 23.9 Å². The molecule has 2 unspecified atom stereocenters. The molecule has 7 nitrogen and oxygen atoms in total. The molecule has 1 saturated heterocycles. The molecule has 1 aliphatic rings. The fraction of sp³-hybridized carbons (Fsp3) is 0.444. The van der Waals surface area contributed by atoms with Crippen molar-refractivity contribution in [1.82, 2.24) is 4.90 Å². The number of ether oxygens (including phenoxy) is 1. The van der Waals surface area contributed by atoms with Crippen LogP contribution in [0.5, 0.6) is 5.75 Å². The molecule has 0 aliphatic carbocycles. The highest BCUT2D eigenvalue weighted by Gasteiger charge is 2.44. The number of rotatable bonds is 5. The Morgan fingerprint density at radius 3 is 2.32 bits per heavy atom. The topological polar surface area (TPSA) is 84.0 Å². The van der Waals surface area contributed by atoms with Gasteiger partial charge >= 0.3 is 5.97 Å². The average molecular weight is 346 g/mol. The lowest BCUT2D eigenvalue weighted by Crippen LogP contribution is -2.48. The summed E-state index contributed by atoms with van der Waals surface area (Å²) in [5.74, 6) is -1.12. The second-order valence-corrected chi connectivity index (χ2v) is 6.06. The summed E-state index contributed by atoms with van der Waals surface area (Å²) < 4.78 is 4.94. The summed E-state index contributed by atoms with van der Waals surface area (Å²) in [6.07, 6.45) is 0.656. The Morgan fingerprint density at radius 1 is 1.24 bits per heavy atom. The standard InChI is InChI=1S/C18H22N2O5/c1-5-11(2)19(12(3)21)16-10-17(23)20(18(16)24)14-6-8-15(9-7-14)25-13(4)22/h6-9,11,16H,5,10H2,1-4H3. The second kappa shape index (κ2) is 7.46. The number of hydrogen-bond donors (Lipinski definition) is 0. The maximum Gasteiger partial charge on any atom is 0.308 e. The van der Waals surface area contributed by atoms with Gasteiger partial charge in [0.1, 0.15) is 11.8 Å². The lowest BCUT2D eigenvalue weighted by Gasteiger charge is -2.31.